The summed E-state index contributed by atoms with van der Waals surface area (Å²) in [5, 5.41) is 13.4. The van der Waals surface area contributed by atoms with Crippen molar-refractivity contribution in [1.82, 2.24) is 15.2 Å². The molecule has 4 rings (SSSR count). The van der Waals surface area contributed by atoms with Crippen molar-refractivity contribution in [3.63, 3.8) is 0 Å². The number of carbonyl (C=O) groups is 1. The van der Waals surface area contributed by atoms with Gasteiger partial charge in [-0.1, -0.05) is 0 Å². The summed E-state index contributed by atoms with van der Waals surface area (Å²) >= 11 is 0. The molecule has 1 amide bonds. The number of hydrogen-bond donors (Lipinski definition) is 2. The van der Waals surface area contributed by atoms with Crippen molar-refractivity contribution in [2.24, 2.45) is 0 Å². The number of anilines is 1. The summed E-state index contributed by atoms with van der Waals surface area (Å²) in [7, 11) is 3.72. The van der Waals surface area contributed by atoms with Crippen LogP contribution in [0.5, 0.6) is 0 Å². The van der Waals surface area contributed by atoms with E-state index in [9.17, 15) is 14.9 Å². The number of methoxy groups -OCH3 is 1. The van der Waals surface area contributed by atoms with E-state index in [0.717, 1.165) is 25.9 Å². The van der Waals surface area contributed by atoms with Gasteiger partial charge in [0.25, 0.3) is 11.5 Å². The Bertz CT molecular complexity index is 1070. The van der Waals surface area contributed by atoms with Gasteiger partial charge in [0.2, 0.25) is 0 Å². The van der Waals surface area contributed by atoms with Crippen LogP contribution in [0, 0.1) is 11.3 Å². The number of nitrogens with one attached hydrogen (secondary N) is 2. The number of likely N-dealkylation sites (tertiary alicyclic amines) is 1. The zero-order valence-corrected chi connectivity index (χ0v) is 17.6. The summed E-state index contributed by atoms with van der Waals surface area (Å²) in [6, 6.07) is 7.45. The zero-order valence-electron chi connectivity index (χ0n) is 17.6. The van der Waals surface area contributed by atoms with Crippen LogP contribution in [0.2, 0.25) is 0 Å². The first-order chi connectivity index (χ1) is 14.3. The first-order valence-electron chi connectivity index (χ1n) is 10.2. The maximum absolute atomic E-state index is 12.7. The standard InChI is InChI=1S/C22H27N5O3/c1-22(30-3)6-8-27(9-7-22)19-16-10-14(20(28)24-15-12-26(2)13-15)4-5-18(16)25-21(29)17(19)11-23/h4-5,10,15H,6-9,12-13H2,1-3H3,(H,24,28)(H,25,29). The van der Waals surface area contributed by atoms with Crippen LogP contribution in [0.25, 0.3) is 10.9 Å². The van der Waals surface area contributed by atoms with Crippen molar-refractivity contribution in [3.8, 4) is 6.07 Å². The van der Waals surface area contributed by atoms with E-state index in [4.69, 9.17) is 4.74 Å². The van der Waals surface area contributed by atoms with E-state index in [2.05, 4.69) is 33.1 Å². The van der Waals surface area contributed by atoms with Gasteiger partial charge in [-0.25, -0.2) is 0 Å². The van der Waals surface area contributed by atoms with Gasteiger partial charge in [0.1, 0.15) is 11.6 Å². The highest BCUT2D eigenvalue weighted by Crippen LogP contribution is 2.33. The van der Waals surface area contributed by atoms with E-state index in [-0.39, 0.29) is 23.1 Å². The van der Waals surface area contributed by atoms with E-state index in [0.29, 0.717) is 35.2 Å². The Morgan fingerprint density at radius 3 is 2.63 bits per heavy atom. The molecule has 1 aromatic heterocycles. The number of carbonyl (C=O) groups excluding carboxylic acids is 1. The summed E-state index contributed by atoms with van der Waals surface area (Å²) in [6.07, 6.45) is 1.58. The van der Waals surface area contributed by atoms with Gasteiger partial charge in [0.05, 0.1) is 22.8 Å². The molecule has 0 radical (unpaired) electrons. The second kappa shape index (κ2) is 7.74. The lowest BCUT2D eigenvalue weighted by Gasteiger charge is -2.40. The first kappa shape index (κ1) is 20.4. The third-order valence-electron chi connectivity index (χ3n) is 6.39. The van der Waals surface area contributed by atoms with Crippen molar-refractivity contribution in [1.29, 1.82) is 5.26 Å². The lowest BCUT2D eigenvalue weighted by Crippen LogP contribution is -2.57. The molecule has 0 aliphatic carbocycles. The number of hydrogen-bond acceptors (Lipinski definition) is 6. The highest BCUT2D eigenvalue weighted by atomic mass is 16.5. The summed E-state index contributed by atoms with van der Waals surface area (Å²) in [4.78, 5) is 32.3. The fourth-order valence-corrected chi connectivity index (χ4v) is 4.32. The van der Waals surface area contributed by atoms with Gasteiger partial charge >= 0.3 is 0 Å². The van der Waals surface area contributed by atoms with Gasteiger partial charge in [0.15, 0.2) is 0 Å². The Hall–Kier alpha value is -2.89. The molecule has 2 N–H and O–H groups in total. The van der Waals surface area contributed by atoms with Gasteiger partial charge in [-0.2, -0.15) is 5.26 Å². The van der Waals surface area contributed by atoms with Crippen LogP contribution >= 0.6 is 0 Å². The molecule has 8 heteroatoms. The molecular formula is C22H27N5O3. The Morgan fingerprint density at radius 1 is 1.33 bits per heavy atom. The zero-order chi connectivity index (χ0) is 21.5. The number of rotatable bonds is 4. The largest absolute Gasteiger partial charge is 0.378 e. The molecular weight excluding hydrogens is 382 g/mol. The van der Waals surface area contributed by atoms with Crippen molar-refractivity contribution in [3.05, 3.63) is 39.7 Å². The molecule has 2 aliphatic heterocycles. The molecule has 3 heterocycles. The van der Waals surface area contributed by atoms with Crippen LogP contribution in [0.3, 0.4) is 0 Å². The minimum atomic E-state index is -0.408. The van der Waals surface area contributed by atoms with Crippen molar-refractivity contribution < 1.29 is 9.53 Å². The highest BCUT2D eigenvalue weighted by molar-refractivity contribution is 6.02. The number of H-pyrrole nitrogens is 1. The lowest BCUT2D eigenvalue weighted by atomic mass is 9.92. The molecule has 8 nitrogen and oxygen atoms in total. The number of amides is 1. The van der Waals surface area contributed by atoms with E-state index >= 15 is 0 Å². The van der Waals surface area contributed by atoms with Gasteiger partial charge in [-0.3, -0.25) is 9.59 Å². The van der Waals surface area contributed by atoms with Gasteiger partial charge < -0.3 is 24.8 Å². The molecule has 0 spiro atoms. The predicted molar refractivity (Wildman–Crippen MR) is 115 cm³/mol. The van der Waals surface area contributed by atoms with E-state index in [1.807, 2.05) is 7.05 Å². The van der Waals surface area contributed by atoms with E-state index < -0.39 is 5.56 Å². The monoisotopic (exact) mass is 409 g/mol. The molecule has 2 aliphatic rings. The van der Waals surface area contributed by atoms with Gasteiger partial charge in [-0.05, 0) is 45.0 Å². The normalized spacial score (nSPS) is 19.3. The van der Waals surface area contributed by atoms with Crippen LogP contribution in [0.1, 0.15) is 35.7 Å². The van der Waals surface area contributed by atoms with Crippen LogP contribution in [0.4, 0.5) is 5.69 Å². The summed E-state index contributed by atoms with van der Waals surface area (Å²) in [5.41, 5.74) is 1.22. The maximum atomic E-state index is 12.7. The number of nitriles is 1. The number of aromatic nitrogens is 1. The Balaban J connectivity index is 1.72. The Morgan fingerprint density at radius 2 is 2.03 bits per heavy atom. The molecule has 0 atom stereocenters. The average molecular weight is 409 g/mol. The molecule has 2 saturated heterocycles. The average Bonchev–Trinajstić information content (AvgIpc) is 2.72. The number of ether oxygens (including phenoxy) is 1. The van der Waals surface area contributed by atoms with Crippen LogP contribution in [-0.2, 0) is 4.74 Å². The quantitative estimate of drug-likeness (QED) is 0.793. The van der Waals surface area contributed by atoms with Crippen LogP contribution in [-0.4, -0.2) is 67.8 Å². The number of nitrogens with zero attached hydrogens (tertiary/aromatic N) is 3. The van der Waals surface area contributed by atoms with Crippen molar-refractivity contribution in [2.75, 3.05) is 45.2 Å². The fraction of sp³-hybridized carbons (Fsp3) is 0.500. The maximum Gasteiger partial charge on any atom is 0.268 e. The van der Waals surface area contributed by atoms with Gasteiger partial charge in [-0.15, -0.1) is 0 Å². The highest BCUT2D eigenvalue weighted by Gasteiger charge is 2.32. The molecule has 158 valence electrons. The summed E-state index contributed by atoms with van der Waals surface area (Å²) in [6.45, 7) is 5.08. The first-order valence-corrected chi connectivity index (χ1v) is 10.2. The third kappa shape index (κ3) is 3.66. The topological polar surface area (TPSA) is 101 Å². The SMILES string of the molecule is COC1(C)CCN(c2c(C#N)c(=O)[nH]c3ccc(C(=O)NC4CN(C)C4)cc23)CC1. The van der Waals surface area contributed by atoms with E-state index in [1.54, 1.807) is 25.3 Å². The number of fused-ring (bicyclic) bond motifs is 1. The fourth-order valence-electron chi connectivity index (χ4n) is 4.32. The second-order valence-corrected chi connectivity index (χ2v) is 8.58. The Labute approximate surface area is 175 Å². The summed E-state index contributed by atoms with van der Waals surface area (Å²) in [5.74, 6) is -0.142. The molecule has 2 fully saturated rings. The van der Waals surface area contributed by atoms with Crippen LogP contribution < -0.4 is 15.8 Å². The lowest BCUT2D eigenvalue weighted by molar-refractivity contribution is -0.0132. The third-order valence-corrected chi connectivity index (χ3v) is 6.39. The minimum absolute atomic E-state index is 0.0849. The minimum Gasteiger partial charge on any atom is -0.378 e. The molecule has 30 heavy (non-hydrogen) atoms. The van der Waals surface area contributed by atoms with Gasteiger partial charge in [0, 0.05) is 44.2 Å². The molecule has 0 bridgehead atoms. The number of piperidine rings is 1. The number of benzene rings is 1. The molecule has 2 aromatic rings. The smallest absolute Gasteiger partial charge is 0.268 e. The predicted octanol–water partition coefficient (Wildman–Crippen LogP) is 1.45. The number of aromatic amines is 1. The molecule has 0 saturated carbocycles. The molecule has 1 aromatic carbocycles. The number of likely N-dealkylation sites (N-methyl/N-ethyl adjacent to an activating group) is 1. The van der Waals surface area contributed by atoms with Crippen molar-refractivity contribution in [2.45, 2.75) is 31.4 Å². The van der Waals surface area contributed by atoms with E-state index in [1.165, 1.54) is 0 Å². The Kier molecular flexibility index (Phi) is 5.26. The summed E-state index contributed by atoms with van der Waals surface area (Å²) < 4.78 is 5.63. The number of pyridine rings is 1. The molecule has 0 unspecified atom stereocenters. The van der Waals surface area contributed by atoms with Crippen molar-refractivity contribution >= 4 is 22.5 Å². The van der Waals surface area contributed by atoms with Crippen LogP contribution in [0.15, 0.2) is 23.0 Å². The second-order valence-electron chi connectivity index (χ2n) is 8.58.